The molecule has 1 aromatic rings. The Hall–Kier alpha value is -1.22. The van der Waals surface area contributed by atoms with Crippen molar-refractivity contribution < 1.29 is 9.90 Å². The minimum absolute atomic E-state index is 0.0107. The van der Waals surface area contributed by atoms with Crippen molar-refractivity contribution in [3.05, 3.63) is 29.6 Å². The maximum atomic E-state index is 12.7. The van der Waals surface area contributed by atoms with E-state index in [1.54, 1.807) is 6.20 Å². The fourth-order valence-electron chi connectivity index (χ4n) is 3.77. The summed E-state index contributed by atoms with van der Waals surface area (Å²) >= 11 is 0. The lowest BCUT2D eigenvalue weighted by molar-refractivity contribution is -0.132. The van der Waals surface area contributed by atoms with Crippen LogP contribution in [-0.2, 0) is 11.2 Å². The van der Waals surface area contributed by atoms with E-state index in [-0.39, 0.29) is 17.6 Å². The summed E-state index contributed by atoms with van der Waals surface area (Å²) < 4.78 is 0. The summed E-state index contributed by atoms with van der Waals surface area (Å²) in [6.45, 7) is 0. The largest absolute Gasteiger partial charge is 0.385 e. The number of hydrogen-bond acceptors (Lipinski definition) is 3. The first-order valence-corrected chi connectivity index (χ1v) is 7.93. The number of Topliss-reactive ketones (excluding diaryl/α,β-unsaturated/α-hetero) is 1. The van der Waals surface area contributed by atoms with Crippen molar-refractivity contribution in [2.24, 2.45) is 5.92 Å². The first-order valence-electron chi connectivity index (χ1n) is 7.93. The van der Waals surface area contributed by atoms with Crippen LogP contribution in [0, 0.1) is 5.92 Å². The molecule has 0 aliphatic heterocycles. The number of hydrogen-bond donors (Lipinski definition) is 1. The smallest absolute Gasteiger partial charge is 0.170 e. The van der Waals surface area contributed by atoms with Gasteiger partial charge in [0.1, 0.15) is 6.10 Å². The molecule has 1 heterocycles. The van der Waals surface area contributed by atoms with Crippen LogP contribution in [0.25, 0.3) is 0 Å². The van der Waals surface area contributed by atoms with Gasteiger partial charge in [0.05, 0.1) is 11.6 Å². The zero-order chi connectivity index (χ0) is 13.9. The molecule has 2 unspecified atom stereocenters. The Morgan fingerprint density at radius 1 is 1.20 bits per heavy atom. The van der Waals surface area contributed by atoms with Crippen molar-refractivity contribution in [3.8, 4) is 0 Å². The van der Waals surface area contributed by atoms with Gasteiger partial charge in [-0.2, -0.15) is 0 Å². The maximum Gasteiger partial charge on any atom is 0.170 e. The number of nitrogens with zero attached hydrogens (tertiary/aromatic N) is 1. The number of ketones is 1. The number of aliphatic hydroxyl groups excluding tert-OH is 1. The zero-order valence-electron chi connectivity index (χ0n) is 11.9. The molecule has 1 N–H and O–H groups in total. The van der Waals surface area contributed by atoms with Crippen molar-refractivity contribution in [1.29, 1.82) is 0 Å². The summed E-state index contributed by atoms with van der Waals surface area (Å²) in [6, 6.07) is 4.00. The van der Waals surface area contributed by atoms with Gasteiger partial charge in [-0.05, 0) is 49.7 Å². The van der Waals surface area contributed by atoms with Gasteiger partial charge >= 0.3 is 0 Å². The number of aliphatic hydroxyl groups is 1. The number of aromatic nitrogens is 1. The highest BCUT2D eigenvalue weighted by molar-refractivity contribution is 5.89. The van der Waals surface area contributed by atoms with Gasteiger partial charge in [-0.15, -0.1) is 0 Å². The zero-order valence-corrected chi connectivity index (χ0v) is 11.9. The van der Waals surface area contributed by atoms with E-state index in [4.69, 9.17) is 0 Å². The predicted octanol–water partition coefficient (Wildman–Crippen LogP) is 3.01. The highest BCUT2D eigenvalue weighted by Gasteiger charge is 2.35. The summed E-state index contributed by atoms with van der Waals surface area (Å²) in [7, 11) is 0. The molecule has 2 aliphatic rings. The summed E-state index contributed by atoms with van der Waals surface area (Å²) in [6.07, 6.45) is 9.37. The lowest BCUT2D eigenvalue weighted by atomic mass is 9.77. The van der Waals surface area contributed by atoms with Gasteiger partial charge in [-0.3, -0.25) is 9.78 Å². The van der Waals surface area contributed by atoms with Crippen molar-refractivity contribution >= 4 is 5.78 Å². The second-order valence-electron chi connectivity index (χ2n) is 6.24. The molecule has 3 rings (SSSR count). The number of fused-ring (bicyclic) bond motifs is 1. The minimum atomic E-state index is -0.784. The Labute approximate surface area is 120 Å². The van der Waals surface area contributed by atoms with Gasteiger partial charge in [0.15, 0.2) is 5.78 Å². The summed E-state index contributed by atoms with van der Waals surface area (Å²) in [5.41, 5.74) is 2.10. The normalized spacial score (nSPS) is 24.9. The Balaban J connectivity index is 1.77. The average molecular weight is 273 g/mol. The van der Waals surface area contributed by atoms with Gasteiger partial charge in [-0.25, -0.2) is 0 Å². The van der Waals surface area contributed by atoms with Crippen LogP contribution >= 0.6 is 0 Å². The van der Waals surface area contributed by atoms with E-state index < -0.39 is 6.10 Å². The highest BCUT2D eigenvalue weighted by atomic mass is 16.3. The Morgan fingerprint density at radius 2 is 2.00 bits per heavy atom. The average Bonchev–Trinajstić information content (AvgIpc) is 2.54. The van der Waals surface area contributed by atoms with E-state index in [2.05, 4.69) is 11.1 Å². The van der Waals surface area contributed by atoms with Crippen LogP contribution < -0.4 is 0 Å². The second kappa shape index (κ2) is 6.04. The summed E-state index contributed by atoms with van der Waals surface area (Å²) in [5, 5.41) is 10.4. The van der Waals surface area contributed by atoms with Crippen molar-refractivity contribution in [1.82, 2.24) is 4.98 Å². The fraction of sp³-hybridized carbons (Fsp3) is 0.647. The third kappa shape index (κ3) is 2.64. The van der Waals surface area contributed by atoms with Gasteiger partial charge in [-0.1, -0.05) is 25.3 Å². The van der Waals surface area contributed by atoms with E-state index in [1.807, 2.05) is 6.07 Å². The quantitative estimate of drug-likeness (QED) is 0.921. The van der Waals surface area contributed by atoms with E-state index >= 15 is 0 Å². The molecular weight excluding hydrogens is 250 g/mol. The number of carbonyl (C=O) groups excluding carboxylic acids is 1. The standard InChI is InChI=1S/C17H23NO2/c19-16(13-6-2-1-3-7-13)17(20)14-10-4-8-12-9-5-11-18-15(12)14/h5,9,11,13-14,16,19H,1-4,6-8,10H2. The van der Waals surface area contributed by atoms with Crippen LogP contribution in [0.2, 0.25) is 0 Å². The molecule has 1 saturated carbocycles. The maximum absolute atomic E-state index is 12.7. The summed E-state index contributed by atoms with van der Waals surface area (Å²) in [4.78, 5) is 17.1. The molecule has 1 fully saturated rings. The molecule has 3 heteroatoms. The molecule has 108 valence electrons. The molecule has 0 spiro atoms. The third-order valence-electron chi connectivity index (χ3n) is 4.93. The lowest BCUT2D eigenvalue weighted by Gasteiger charge is -2.30. The number of rotatable bonds is 3. The van der Waals surface area contributed by atoms with Gasteiger partial charge in [0.2, 0.25) is 0 Å². The van der Waals surface area contributed by atoms with Gasteiger partial charge in [0.25, 0.3) is 0 Å². The van der Waals surface area contributed by atoms with E-state index in [0.717, 1.165) is 50.6 Å². The van der Waals surface area contributed by atoms with Crippen LogP contribution in [0.3, 0.4) is 0 Å². The molecule has 1 aromatic heterocycles. The molecule has 0 aromatic carbocycles. The van der Waals surface area contributed by atoms with Gasteiger partial charge in [0, 0.05) is 6.20 Å². The molecule has 2 atom stereocenters. The van der Waals surface area contributed by atoms with Crippen molar-refractivity contribution in [3.63, 3.8) is 0 Å². The molecule has 0 bridgehead atoms. The first-order chi connectivity index (χ1) is 9.77. The molecule has 3 nitrogen and oxygen atoms in total. The Morgan fingerprint density at radius 3 is 2.80 bits per heavy atom. The van der Waals surface area contributed by atoms with Crippen LogP contribution in [0.4, 0.5) is 0 Å². The number of aryl methyl sites for hydroxylation is 1. The van der Waals surface area contributed by atoms with Crippen LogP contribution in [0.5, 0.6) is 0 Å². The predicted molar refractivity (Wildman–Crippen MR) is 77.5 cm³/mol. The van der Waals surface area contributed by atoms with Crippen molar-refractivity contribution in [2.75, 3.05) is 0 Å². The van der Waals surface area contributed by atoms with Crippen LogP contribution in [0.15, 0.2) is 18.3 Å². The summed E-state index contributed by atoms with van der Waals surface area (Å²) in [5.74, 6) is -0.00114. The molecule has 20 heavy (non-hydrogen) atoms. The molecular formula is C17H23NO2. The van der Waals surface area contributed by atoms with Crippen LogP contribution in [-0.4, -0.2) is 22.0 Å². The van der Waals surface area contributed by atoms with E-state index in [0.29, 0.717) is 0 Å². The molecule has 0 radical (unpaired) electrons. The molecule has 0 saturated heterocycles. The first kappa shape index (κ1) is 13.7. The van der Waals surface area contributed by atoms with E-state index in [1.165, 1.54) is 12.0 Å². The Kier molecular flexibility index (Phi) is 4.16. The van der Waals surface area contributed by atoms with Crippen LogP contribution in [0.1, 0.15) is 62.1 Å². The minimum Gasteiger partial charge on any atom is -0.385 e. The number of carbonyl (C=O) groups is 1. The molecule has 0 amide bonds. The molecule has 2 aliphatic carbocycles. The lowest BCUT2D eigenvalue weighted by Crippen LogP contribution is -2.36. The SMILES string of the molecule is O=C(C1CCCc2cccnc21)C(O)C1CCCCC1. The highest BCUT2D eigenvalue weighted by Crippen LogP contribution is 2.34. The van der Waals surface area contributed by atoms with Gasteiger partial charge < -0.3 is 5.11 Å². The second-order valence-corrected chi connectivity index (χ2v) is 6.24. The topological polar surface area (TPSA) is 50.2 Å². The fourth-order valence-corrected chi connectivity index (χ4v) is 3.77. The van der Waals surface area contributed by atoms with E-state index in [9.17, 15) is 9.90 Å². The monoisotopic (exact) mass is 273 g/mol. The third-order valence-corrected chi connectivity index (χ3v) is 4.93. The van der Waals surface area contributed by atoms with Crippen molar-refractivity contribution in [2.45, 2.75) is 63.4 Å². The Bertz CT molecular complexity index is 480. The number of pyridine rings is 1.